The molecule has 0 aliphatic heterocycles. The summed E-state index contributed by atoms with van der Waals surface area (Å²) in [4.78, 5) is 11.4. The molecule has 0 aromatic heterocycles. The van der Waals surface area contributed by atoms with Gasteiger partial charge in [-0.2, -0.15) is 0 Å². The lowest BCUT2D eigenvalue weighted by atomic mass is 10.4. The molecule has 0 fully saturated rings. The topological polar surface area (TPSA) is 43.3 Å². The monoisotopic (exact) mass is 182 g/mol. The van der Waals surface area contributed by atoms with Crippen LogP contribution in [0.25, 0.3) is 0 Å². The molecule has 2 nitrogen and oxygen atoms in total. The molecule has 0 spiro atoms. The van der Waals surface area contributed by atoms with Gasteiger partial charge < -0.3 is 10.00 Å². The molecule has 1 atom stereocenters. The first-order valence-corrected chi connectivity index (χ1v) is 5.13. The molecule has 0 bridgehead atoms. The van der Waals surface area contributed by atoms with Crippen LogP contribution in [0.1, 0.15) is 6.42 Å². The smallest absolute Gasteiger partial charge is 0.144 e. The minimum absolute atomic E-state index is 0.0634. The maximum Gasteiger partial charge on any atom is 0.144 e. The molecule has 0 radical (unpaired) electrons. The molecule has 1 rings (SSSR count). The van der Waals surface area contributed by atoms with Gasteiger partial charge in [0.25, 0.3) is 0 Å². The van der Waals surface area contributed by atoms with Crippen LogP contribution in [0.15, 0.2) is 30.3 Å². The highest BCUT2D eigenvalue weighted by Crippen LogP contribution is 2.08. The van der Waals surface area contributed by atoms with Crippen LogP contribution in [0.4, 0.5) is 0 Å². The Morgan fingerprint density at radius 3 is 2.58 bits per heavy atom. The SMILES string of the molecule is [O-][P+](=CCCO)c1ccccc1. The van der Waals surface area contributed by atoms with Crippen molar-refractivity contribution >= 4 is 18.9 Å². The second-order valence-electron chi connectivity index (χ2n) is 2.36. The summed E-state index contributed by atoms with van der Waals surface area (Å²) in [5.74, 6) is 1.64. The molecule has 3 heteroatoms. The zero-order valence-corrected chi connectivity index (χ0v) is 7.58. The maximum absolute atomic E-state index is 11.4. The van der Waals surface area contributed by atoms with E-state index < -0.39 is 7.77 Å². The van der Waals surface area contributed by atoms with Crippen LogP contribution in [0.5, 0.6) is 0 Å². The first-order chi connectivity index (χ1) is 5.84. The molecule has 0 saturated heterocycles. The first-order valence-electron chi connectivity index (χ1n) is 3.80. The van der Waals surface area contributed by atoms with Crippen molar-refractivity contribution in [3.8, 4) is 0 Å². The predicted octanol–water partition coefficient (Wildman–Crippen LogP) is 0.254. The highest BCUT2D eigenvalue weighted by atomic mass is 31.1. The second kappa shape index (κ2) is 5.04. The van der Waals surface area contributed by atoms with E-state index in [2.05, 4.69) is 0 Å². The van der Waals surface area contributed by atoms with Gasteiger partial charge in [0, 0.05) is 6.42 Å². The predicted molar refractivity (Wildman–Crippen MR) is 50.8 cm³/mol. The van der Waals surface area contributed by atoms with E-state index in [0.717, 1.165) is 5.30 Å². The van der Waals surface area contributed by atoms with Gasteiger partial charge in [-0.05, 0) is 12.1 Å². The molecule has 1 aromatic rings. The fraction of sp³-hybridized carbons (Fsp3) is 0.222. The fourth-order valence-corrected chi connectivity index (χ4v) is 1.88. The second-order valence-corrected chi connectivity index (χ2v) is 3.89. The lowest BCUT2D eigenvalue weighted by molar-refractivity contribution is -0.149. The third kappa shape index (κ3) is 2.74. The van der Waals surface area contributed by atoms with E-state index in [-0.39, 0.29) is 6.61 Å². The van der Waals surface area contributed by atoms with E-state index in [1.165, 1.54) is 0 Å². The van der Waals surface area contributed by atoms with E-state index in [9.17, 15) is 4.89 Å². The average molecular weight is 182 g/mol. The Labute approximate surface area is 73.0 Å². The van der Waals surface area contributed by atoms with E-state index in [4.69, 9.17) is 5.11 Å². The van der Waals surface area contributed by atoms with Crippen molar-refractivity contribution in [3.05, 3.63) is 30.3 Å². The van der Waals surface area contributed by atoms with Gasteiger partial charge in [0.2, 0.25) is 0 Å². The Morgan fingerprint density at radius 1 is 1.33 bits per heavy atom. The minimum atomic E-state index is -1.42. The third-order valence-electron chi connectivity index (χ3n) is 1.43. The highest BCUT2D eigenvalue weighted by Gasteiger charge is 1.98. The molecule has 1 N–H and O–H groups in total. The Hall–Kier alpha value is -0.690. The standard InChI is InChI=1S/C9H11O2P/c10-7-4-8-12(11)9-5-2-1-3-6-9/h1-3,5-6,8,10H,4,7H2. The van der Waals surface area contributed by atoms with Gasteiger partial charge in [-0.15, -0.1) is 0 Å². The summed E-state index contributed by atoms with van der Waals surface area (Å²) >= 11 is 0. The van der Waals surface area contributed by atoms with Gasteiger partial charge in [0.15, 0.2) is 0 Å². The molecule has 64 valence electrons. The zero-order chi connectivity index (χ0) is 8.81. The van der Waals surface area contributed by atoms with Crippen molar-refractivity contribution in [2.24, 2.45) is 0 Å². The summed E-state index contributed by atoms with van der Waals surface area (Å²) in [6, 6.07) is 9.25. The van der Waals surface area contributed by atoms with Crippen molar-refractivity contribution in [3.63, 3.8) is 0 Å². The minimum Gasteiger partial charge on any atom is -0.626 e. The molecular formula is C9H11O2P. The highest BCUT2D eigenvalue weighted by molar-refractivity contribution is 7.58. The molecule has 0 amide bonds. The van der Waals surface area contributed by atoms with Gasteiger partial charge in [-0.25, -0.2) is 0 Å². The van der Waals surface area contributed by atoms with Crippen LogP contribution in [0.3, 0.4) is 0 Å². The Bertz CT molecular complexity index is 256. The number of aliphatic hydroxyl groups excluding tert-OH is 1. The molecule has 0 aliphatic rings. The van der Waals surface area contributed by atoms with E-state index in [0.29, 0.717) is 6.42 Å². The van der Waals surface area contributed by atoms with Crippen LogP contribution < -0.4 is 10.2 Å². The number of hydrogen-bond acceptors (Lipinski definition) is 2. The third-order valence-corrected chi connectivity index (χ3v) is 2.83. The van der Waals surface area contributed by atoms with Crippen molar-refractivity contribution in [2.75, 3.05) is 6.61 Å². The van der Waals surface area contributed by atoms with Crippen molar-refractivity contribution in [1.29, 1.82) is 0 Å². The molecule has 0 saturated carbocycles. The maximum atomic E-state index is 11.4. The van der Waals surface area contributed by atoms with E-state index in [1.807, 2.05) is 30.3 Å². The van der Waals surface area contributed by atoms with E-state index in [1.54, 1.807) is 5.80 Å². The number of rotatable bonds is 3. The summed E-state index contributed by atoms with van der Waals surface area (Å²) in [5, 5.41) is 9.32. The lowest BCUT2D eigenvalue weighted by Crippen LogP contribution is -2.05. The van der Waals surface area contributed by atoms with Crippen LogP contribution >= 0.6 is 7.77 Å². The molecule has 0 aliphatic carbocycles. The summed E-state index contributed by atoms with van der Waals surface area (Å²) in [5.41, 5.74) is 0. The Morgan fingerprint density at radius 2 is 2.00 bits per heavy atom. The largest absolute Gasteiger partial charge is 0.626 e. The van der Waals surface area contributed by atoms with Crippen molar-refractivity contribution < 1.29 is 10.00 Å². The van der Waals surface area contributed by atoms with Gasteiger partial charge in [0.05, 0.1) is 20.2 Å². The van der Waals surface area contributed by atoms with Gasteiger partial charge in [0.1, 0.15) is 5.30 Å². The summed E-state index contributed by atoms with van der Waals surface area (Å²) in [6.07, 6.45) is 0.490. The van der Waals surface area contributed by atoms with Crippen LogP contribution in [0.2, 0.25) is 0 Å². The first kappa shape index (κ1) is 9.40. The quantitative estimate of drug-likeness (QED) is 0.681. The number of aliphatic hydroxyl groups is 1. The Balaban J connectivity index is 2.71. The molecular weight excluding hydrogens is 171 g/mol. The van der Waals surface area contributed by atoms with Crippen LogP contribution in [-0.4, -0.2) is 17.5 Å². The Kier molecular flexibility index (Phi) is 3.95. The van der Waals surface area contributed by atoms with E-state index >= 15 is 0 Å². The number of hydrogen-bond donors (Lipinski definition) is 1. The van der Waals surface area contributed by atoms with Crippen molar-refractivity contribution in [2.45, 2.75) is 6.42 Å². The van der Waals surface area contributed by atoms with Crippen LogP contribution in [0, 0.1) is 0 Å². The summed E-state index contributed by atoms with van der Waals surface area (Å²) in [7, 11) is -1.42. The average Bonchev–Trinajstić information content (AvgIpc) is 2.15. The summed E-state index contributed by atoms with van der Waals surface area (Å²) in [6.45, 7) is 0.0634. The van der Waals surface area contributed by atoms with Gasteiger partial charge in [-0.3, -0.25) is 0 Å². The molecule has 1 unspecified atom stereocenters. The molecule has 12 heavy (non-hydrogen) atoms. The van der Waals surface area contributed by atoms with Crippen LogP contribution in [-0.2, 0) is 0 Å². The normalized spacial score (nSPS) is 11.7. The summed E-state index contributed by atoms with van der Waals surface area (Å²) < 4.78 is 0. The number of benzene rings is 1. The fourth-order valence-electron chi connectivity index (χ4n) is 0.855. The zero-order valence-electron chi connectivity index (χ0n) is 6.68. The van der Waals surface area contributed by atoms with Gasteiger partial charge in [-0.1, -0.05) is 18.2 Å². The molecule has 0 heterocycles. The lowest BCUT2D eigenvalue weighted by Gasteiger charge is -1.95. The van der Waals surface area contributed by atoms with Crippen molar-refractivity contribution in [1.82, 2.24) is 0 Å². The van der Waals surface area contributed by atoms with Gasteiger partial charge >= 0.3 is 0 Å². The molecule has 1 aromatic carbocycles.